The van der Waals surface area contributed by atoms with Crippen LogP contribution >= 0.6 is 0 Å². The lowest BCUT2D eigenvalue weighted by Crippen LogP contribution is -1.99. The first-order chi connectivity index (χ1) is 15.6. The van der Waals surface area contributed by atoms with Gasteiger partial charge in [-0.2, -0.15) is 13.5 Å². The summed E-state index contributed by atoms with van der Waals surface area (Å²) in [7, 11) is -4.68. The molecule has 7 nitrogen and oxygen atoms in total. The minimum Gasteiger partial charge on any atom is -0.505 e. The van der Waals surface area contributed by atoms with Crippen molar-refractivity contribution in [3.63, 3.8) is 0 Å². The van der Waals surface area contributed by atoms with E-state index in [0.29, 0.717) is 22.1 Å². The van der Waals surface area contributed by atoms with Gasteiger partial charge >= 0.3 is 0 Å². The molecule has 4 aromatic carbocycles. The number of benzene rings is 4. The largest absolute Gasteiger partial charge is 0.505 e. The number of azo groups is 1. The molecule has 0 unspecified atom stereocenters. The first-order valence-corrected chi connectivity index (χ1v) is 11.7. The van der Waals surface area contributed by atoms with Gasteiger partial charge in [0.2, 0.25) is 0 Å². The van der Waals surface area contributed by atoms with Crippen molar-refractivity contribution in [2.45, 2.75) is 25.7 Å². The summed E-state index contributed by atoms with van der Waals surface area (Å²) in [4.78, 5) is -0.519. The van der Waals surface area contributed by atoms with Gasteiger partial charge in [0.25, 0.3) is 10.1 Å². The number of nitrogens with one attached hydrogen (secondary N) is 1. The number of hydrogen-bond acceptors (Lipinski definition) is 6. The Bertz CT molecular complexity index is 1500. The van der Waals surface area contributed by atoms with E-state index >= 15 is 0 Å². The fourth-order valence-corrected chi connectivity index (χ4v) is 4.23. The molecule has 0 saturated heterocycles. The van der Waals surface area contributed by atoms with Crippen LogP contribution in [-0.2, 0) is 10.1 Å². The third-order valence-corrected chi connectivity index (χ3v) is 6.33. The highest BCUT2D eigenvalue weighted by Crippen LogP contribution is 2.42. The molecule has 4 aromatic rings. The number of fused-ring (bicyclic) bond motifs is 1. The van der Waals surface area contributed by atoms with Crippen LogP contribution in [0.1, 0.15) is 16.7 Å². The third kappa shape index (κ3) is 4.72. The summed E-state index contributed by atoms with van der Waals surface area (Å²) < 4.78 is 34.1. The quantitative estimate of drug-likeness (QED) is 0.222. The Kier molecular flexibility index (Phi) is 5.88. The summed E-state index contributed by atoms with van der Waals surface area (Å²) in [5.41, 5.74) is 4.73. The molecule has 4 rings (SSSR count). The maximum atomic E-state index is 12.1. The molecule has 0 atom stereocenters. The van der Waals surface area contributed by atoms with E-state index in [0.717, 1.165) is 22.4 Å². The molecule has 0 radical (unpaired) electrons. The normalized spacial score (nSPS) is 11.9. The predicted molar refractivity (Wildman–Crippen MR) is 130 cm³/mol. The van der Waals surface area contributed by atoms with Crippen LogP contribution in [0.2, 0.25) is 0 Å². The number of phenols is 1. The smallest absolute Gasteiger partial charge is 0.296 e. The standard InChI is InChI=1S/C25H23N3O4S/c1-15-11-17(3)22(12-16(15)2)27-28-24-23(33(30,31)32)14-18-13-20(9-10-21(18)25(24)29)26-19-7-5-4-6-8-19/h4-14,26,29H,1-3H3,(H,30,31,32). The minimum atomic E-state index is -4.68. The van der Waals surface area contributed by atoms with Gasteiger partial charge < -0.3 is 10.4 Å². The Hall–Kier alpha value is -3.75. The van der Waals surface area contributed by atoms with Crippen LogP contribution in [0.4, 0.5) is 22.7 Å². The molecule has 0 aliphatic rings. The SMILES string of the molecule is Cc1cc(C)c(N=Nc2c(S(=O)(=O)O)cc3cc(Nc4ccccc4)ccc3c2O)cc1C. The van der Waals surface area contributed by atoms with E-state index < -0.39 is 15.0 Å². The molecule has 0 aromatic heterocycles. The van der Waals surface area contributed by atoms with E-state index in [1.54, 1.807) is 18.2 Å². The lowest BCUT2D eigenvalue weighted by Gasteiger charge is -2.12. The Labute approximate surface area is 192 Å². The lowest BCUT2D eigenvalue weighted by atomic mass is 10.1. The Morgan fingerprint density at radius 1 is 0.788 bits per heavy atom. The van der Waals surface area contributed by atoms with E-state index in [1.807, 2.05) is 63.2 Å². The minimum absolute atomic E-state index is 0.314. The maximum Gasteiger partial charge on any atom is 0.296 e. The Balaban J connectivity index is 1.83. The molecule has 0 aliphatic carbocycles. The van der Waals surface area contributed by atoms with Crippen LogP contribution in [0.5, 0.6) is 5.75 Å². The summed E-state index contributed by atoms with van der Waals surface area (Å²) in [6, 6.07) is 19.6. The molecule has 168 valence electrons. The van der Waals surface area contributed by atoms with Crippen molar-refractivity contribution >= 4 is 43.6 Å². The van der Waals surface area contributed by atoms with Crippen molar-refractivity contribution in [1.82, 2.24) is 0 Å². The average molecular weight is 462 g/mol. The molecule has 0 aliphatic heterocycles. The van der Waals surface area contributed by atoms with Crippen LogP contribution in [0.15, 0.2) is 81.9 Å². The third-order valence-electron chi connectivity index (χ3n) is 5.46. The zero-order valence-electron chi connectivity index (χ0n) is 18.4. The highest BCUT2D eigenvalue weighted by molar-refractivity contribution is 7.86. The molecular weight excluding hydrogens is 438 g/mol. The highest BCUT2D eigenvalue weighted by Gasteiger charge is 2.22. The van der Waals surface area contributed by atoms with Crippen LogP contribution in [-0.4, -0.2) is 18.1 Å². The van der Waals surface area contributed by atoms with Gasteiger partial charge in [0.1, 0.15) is 10.6 Å². The van der Waals surface area contributed by atoms with Crippen molar-refractivity contribution in [2.75, 3.05) is 5.32 Å². The van der Waals surface area contributed by atoms with Gasteiger partial charge in [0, 0.05) is 16.8 Å². The molecule has 0 fully saturated rings. The van der Waals surface area contributed by atoms with Crippen molar-refractivity contribution < 1.29 is 18.1 Å². The molecule has 8 heteroatoms. The molecule has 33 heavy (non-hydrogen) atoms. The van der Waals surface area contributed by atoms with Crippen molar-refractivity contribution in [2.24, 2.45) is 10.2 Å². The maximum absolute atomic E-state index is 12.1. The molecule has 0 saturated carbocycles. The van der Waals surface area contributed by atoms with Crippen LogP contribution in [0, 0.1) is 20.8 Å². The summed E-state index contributed by atoms with van der Waals surface area (Å²) in [6.45, 7) is 5.79. The summed E-state index contributed by atoms with van der Waals surface area (Å²) in [6.07, 6.45) is 0. The second kappa shape index (κ2) is 8.65. The summed E-state index contributed by atoms with van der Waals surface area (Å²) >= 11 is 0. The number of hydrogen-bond donors (Lipinski definition) is 3. The van der Waals surface area contributed by atoms with E-state index in [4.69, 9.17) is 0 Å². The molecule has 0 bridgehead atoms. The number of nitrogens with zero attached hydrogens (tertiary/aromatic N) is 2. The topological polar surface area (TPSA) is 111 Å². The van der Waals surface area contributed by atoms with Gasteiger partial charge in [-0.3, -0.25) is 4.55 Å². The predicted octanol–water partition coefficient (Wildman–Crippen LogP) is 6.88. The van der Waals surface area contributed by atoms with Gasteiger partial charge in [-0.15, -0.1) is 5.11 Å². The molecule has 0 amide bonds. The van der Waals surface area contributed by atoms with Crippen molar-refractivity contribution in [3.8, 4) is 5.75 Å². The Morgan fingerprint density at radius 3 is 2.18 bits per heavy atom. The van der Waals surface area contributed by atoms with Gasteiger partial charge in [0.05, 0.1) is 5.69 Å². The highest BCUT2D eigenvalue weighted by atomic mass is 32.2. The number of rotatable bonds is 5. The fraction of sp³-hybridized carbons (Fsp3) is 0.120. The fourth-order valence-electron chi connectivity index (χ4n) is 3.57. The van der Waals surface area contributed by atoms with E-state index in [-0.39, 0.29) is 11.4 Å². The summed E-state index contributed by atoms with van der Waals surface area (Å²) in [5, 5.41) is 23.1. The monoisotopic (exact) mass is 461 g/mol. The zero-order chi connectivity index (χ0) is 23.8. The van der Waals surface area contributed by atoms with Crippen LogP contribution in [0.25, 0.3) is 10.8 Å². The molecule has 0 heterocycles. The van der Waals surface area contributed by atoms with Crippen LogP contribution in [0.3, 0.4) is 0 Å². The Morgan fingerprint density at radius 2 is 1.48 bits per heavy atom. The first kappa shape index (κ1) is 22.4. The van der Waals surface area contributed by atoms with E-state index in [9.17, 15) is 18.1 Å². The second-order valence-corrected chi connectivity index (χ2v) is 9.29. The van der Waals surface area contributed by atoms with Gasteiger partial charge in [-0.05, 0) is 85.3 Å². The number of aromatic hydroxyl groups is 1. The van der Waals surface area contributed by atoms with Gasteiger partial charge in [0.15, 0.2) is 5.75 Å². The number of anilines is 2. The van der Waals surface area contributed by atoms with Gasteiger partial charge in [-0.1, -0.05) is 24.3 Å². The average Bonchev–Trinajstić information content (AvgIpc) is 2.76. The first-order valence-electron chi connectivity index (χ1n) is 10.2. The number of para-hydroxylation sites is 1. The number of phenolic OH excluding ortho intramolecular Hbond substituents is 1. The van der Waals surface area contributed by atoms with Crippen LogP contribution < -0.4 is 5.32 Å². The summed E-state index contributed by atoms with van der Waals surface area (Å²) in [5.74, 6) is -0.378. The van der Waals surface area contributed by atoms with E-state index in [2.05, 4.69) is 15.5 Å². The molecule has 3 N–H and O–H groups in total. The van der Waals surface area contributed by atoms with Crippen molar-refractivity contribution in [1.29, 1.82) is 0 Å². The molecular formula is C25H23N3O4S. The van der Waals surface area contributed by atoms with Gasteiger partial charge in [-0.25, -0.2) is 0 Å². The second-order valence-electron chi connectivity index (χ2n) is 7.90. The number of aryl methyl sites for hydroxylation is 3. The zero-order valence-corrected chi connectivity index (χ0v) is 19.2. The molecule has 0 spiro atoms. The van der Waals surface area contributed by atoms with Crippen molar-refractivity contribution in [3.05, 3.63) is 83.4 Å². The lowest BCUT2D eigenvalue weighted by molar-refractivity contribution is 0.472. The van der Waals surface area contributed by atoms with E-state index in [1.165, 1.54) is 6.07 Å².